The van der Waals surface area contributed by atoms with E-state index in [1.54, 1.807) is 0 Å². The Kier molecular flexibility index (Phi) is 4.02. The smallest absolute Gasteiger partial charge is 0.133 e. The van der Waals surface area contributed by atoms with Gasteiger partial charge in [-0.2, -0.15) is 0 Å². The van der Waals surface area contributed by atoms with Gasteiger partial charge in [0.2, 0.25) is 0 Å². The molecule has 3 rings (SSSR count). The van der Waals surface area contributed by atoms with Gasteiger partial charge in [-0.15, -0.1) is 0 Å². The van der Waals surface area contributed by atoms with Gasteiger partial charge in [-0.3, -0.25) is 4.90 Å². The van der Waals surface area contributed by atoms with E-state index in [0.29, 0.717) is 0 Å². The second-order valence-corrected chi connectivity index (χ2v) is 5.34. The zero-order chi connectivity index (χ0) is 13.8. The highest BCUT2D eigenvalue weighted by atomic mass is 16.5. The lowest BCUT2D eigenvalue weighted by Crippen LogP contribution is -2.47. The number of aryl methyl sites for hydroxylation is 1. The van der Waals surface area contributed by atoms with Crippen LogP contribution in [-0.2, 0) is 6.42 Å². The lowest BCUT2D eigenvalue weighted by Gasteiger charge is -2.36. The number of aromatic nitrogens is 1. The van der Waals surface area contributed by atoms with Crippen LogP contribution >= 0.6 is 0 Å². The third-order valence-electron chi connectivity index (χ3n) is 3.85. The van der Waals surface area contributed by atoms with Crippen molar-refractivity contribution >= 4 is 5.69 Å². The average Bonchev–Trinajstić information content (AvgIpc) is 2.92. The molecule has 0 unspecified atom stereocenters. The van der Waals surface area contributed by atoms with Crippen molar-refractivity contribution in [2.75, 3.05) is 37.6 Å². The monoisotopic (exact) mass is 271 g/mol. The zero-order valence-corrected chi connectivity index (χ0v) is 12.0. The predicted octanol–water partition coefficient (Wildman–Crippen LogP) is 2.35. The van der Waals surface area contributed by atoms with Crippen LogP contribution in [-0.4, -0.2) is 42.8 Å². The minimum atomic E-state index is 0.897. The molecule has 0 amide bonds. The maximum absolute atomic E-state index is 5.10. The largest absolute Gasteiger partial charge is 0.369 e. The molecule has 0 N–H and O–H groups in total. The molecule has 0 spiro atoms. The SMILES string of the molecule is Cc1cc(CCN2CCN(c3ccccc3)CC2)no1. The summed E-state index contributed by atoms with van der Waals surface area (Å²) in [5.41, 5.74) is 2.40. The van der Waals surface area contributed by atoms with Crippen molar-refractivity contribution in [2.45, 2.75) is 13.3 Å². The Morgan fingerprint density at radius 3 is 2.50 bits per heavy atom. The number of benzene rings is 1. The van der Waals surface area contributed by atoms with Crippen molar-refractivity contribution in [3.63, 3.8) is 0 Å². The molecule has 0 radical (unpaired) electrons. The van der Waals surface area contributed by atoms with Crippen LogP contribution in [0.5, 0.6) is 0 Å². The zero-order valence-electron chi connectivity index (χ0n) is 12.0. The standard InChI is InChI=1S/C16H21N3O/c1-14-13-15(17-20-14)7-8-18-9-11-19(12-10-18)16-5-3-2-4-6-16/h2-6,13H,7-12H2,1H3. The molecule has 4 heteroatoms. The number of anilines is 1. The van der Waals surface area contributed by atoms with Crippen LogP contribution in [0.25, 0.3) is 0 Å². The fourth-order valence-corrected chi connectivity index (χ4v) is 2.68. The van der Waals surface area contributed by atoms with E-state index in [4.69, 9.17) is 4.52 Å². The second kappa shape index (κ2) is 6.09. The van der Waals surface area contributed by atoms with Gasteiger partial charge in [-0.25, -0.2) is 0 Å². The quantitative estimate of drug-likeness (QED) is 0.854. The summed E-state index contributed by atoms with van der Waals surface area (Å²) in [5.74, 6) is 0.897. The number of hydrogen-bond acceptors (Lipinski definition) is 4. The van der Waals surface area contributed by atoms with Crippen molar-refractivity contribution in [3.05, 3.63) is 47.9 Å². The van der Waals surface area contributed by atoms with Crippen LogP contribution in [0.1, 0.15) is 11.5 Å². The van der Waals surface area contributed by atoms with Crippen LogP contribution in [0.4, 0.5) is 5.69 Å². The summed E-state index contributed by atoms with van der Waals surface area (Å²) in [6, 6.07) is 12.7. The van der Waals surface area contributed by atoms with Gasteiger partial charge in [0.05, 0.1) is 5.69 Å². The molecule has 1 saturated heterocycles. The minimum Gasteiger partial charge on any atom is -0.369 e. The molecule has 1 fully saturated rings. The molecule has 1 aromatic carbocycles. The minimum absolute atomic E-state index is 0.897. The van der Waals surface area contributed by atoms with Crippen LogP contribution < -0.4 is 4.90 Å². The van der Waals surface area contributed by atoms with Gasteiger partial charge in [0.25, 0.3) is 0 Å². The van der Waals surface area contributed by atoms with Crippen molar-refractivity contribution in [1.82, 2.24) is 10.1 Å². The summed E-state index contributed by atoms with van der Waals surface area (Å²) in [7, 11) is 0. The van der Waals surface area contributed by atoms with Gasteiger partial charge in [-0.1, -0.05) is 23.4 Å². The third kappa shape index (κ3) is 3.20. The van der Waals surface area contributed by atoms with E-state index in [9.17, 15) is 0 Å². The summed E-state index contributed by atoms with van der Waals surface area (Å²) in [6.07, 6.45) is 0.975. The molecule has 1 aromatic heterocycles. The first-order valence-corrected chi connectivity index (χ1v) is 7.26. The Labute approximate surface area is 120 Å². The first-order chi connectivity index (χ1) is 9.81. The second-order valence-electron chi connectivity index (χ2n) is 5.34. The number of rotatable bonds is 4. The molecule has 0 atom stereocenters. The molecule has 2 aromatic rings. The van der Waals surface area contributed by atoms with E-state index in [2.05, 4.69) is 45.3 Å². The van der Waals surface area contributed by atoms with E-state index in [1.165, 1.54) is 5.69 Å². The molecular weight excluding hydrogens is 250 g/mol. The fourth-order valence-electron chi connectivity index (χ4n) is 2.68. The molecule has 20 heavy (non-hydrogen) atoms. The highest BCUT2D eigenvalue weighted by molar-refractivity contribution is 5.46. The van der Waals surface area contributed by atoms with Gasteiger partial charge in [-0.05, 0) is 19.1 Å². The Hall–Kier alpha value is -1.81. The van der Waals surface area contributed by atoms with Gasteiger partial charge in [0.15, 0.2) is 0 Å². The van der Waals surface area contributed by atoms with Crippen molar-refractivity contribution in [3.8, 4) is 0 Å². The van der Waals surface area contributed by atoms with Crippen LogP contribution in [0.2, 0.25) is 0 Å². The fraction of sp³-hybridized carbons (Fsp3) is 0.438. The summed E-state index contributed by atoms with van der Waals surface area (Å²) >= 11 is 0. The van der Waals surface area contributed by atoms with Gasteiger partial charge in [0, 0.05) is 50.9 Å². The van der Waals surface area contributed by atoms with Gasteiger partial charge < -0.3 is 9.42 Å². The first-order valence-electron chi connectivity index (χ1n) is 7.26. The molecule has 2 heterocycles. The molecule has 4 nitrogen and oxygen atoms in total. The third-order valence-corrected chi connectivity index (χ3v) is 3.85. The van der Waals surface area contributed by atoms with Crippen LogP contribution in [0.3, 0.4) is 0 Å². The summed E-state index contributed by atoms with van der Waals surface area (Å²) < 4.78 is 5.10. The average molecular weight is 271 g/mol. The molecule has 0 aliphatic carbocycles. The summed E-state index contributed by atoms with van der Waals surface area (Å²) in [4.78, 5) is 4.96. The Morgan fingerprint density at radius 1 is 1.10 bits per heavy atom. The lowest BCUT2D eigenvalue weighted by atomic mass is 10.2. The van der Waals surface area contributed by atoms with Gasteiger partial charge >= 0.3 is 0 Å². The normalized spacial score (nSPS) is 16.6. The molecular formula is C16H21N3O. The van der Waals surface area contributed by atoms with Crippen molar-refractivity contribution < 1.29 is 4.52 Å². The first kappa shape index (κ1) is 13.2. The van der Waals surface area contributed by atoms with E-state index >= 15 is 0 Å². The predicted molar refractivity (Wildman–Crippen MR) is 80.0 cm³/mol. The summed E-state index contributed by atoms with van der Waals surface area (Å²) in [6.45, 7) is 7.44. The Balaban J connectivity index is 1.47. The van der Waals surface area contributed by atoms with E-state index < -0.39 is 0 Å². The topological polar surface area (TPSA) is 32.5 Å². The van der Waals surface area contributed by atoms with E-state index in [-0.39, 0.29) is 0 Å². The van der Waals surface area contributed by atoms with Crippen molar-refractivity contribution in [2.24, 2.45) is 0 Å². The number of nitrogens with zero attached hydrogens (tertiary/aromatic N) is 3. The highest BCUT2D eigenvalue weighted by Crippen LogP contribution is 2.15. The van der Waals surface area contributed by atoms with Crippen LogP contribution in [0, 0.1) is 6.92 Å². The number of hydrogen-bond donors (Lipinski definition) is 0. The Bertz CT molecular complexity index is 530. The highest BCUT2D eigenvalue weighted by Gasteiger charge is 2.17. The molecule has 0 saturated carbocycles. The molecule has 106 valence electrons. The maximum Gasteiger partial charge on any atom is 0.133 e. The van der Waals surface area contributed by atoms with E-state index in [1.807, 2.05) is 13.0 Å². The lowest BCUT2D eigenvalue weighted by molar-refractivity contribution is 0.258. The van der Waals surface area contributed by atoms with Crippen molar-refractivity contribution in [1.29, 1.82) is 0 Å². The van der Waals surface area contributed by atoms with E-state index in [0.717, 1.165) is 50.6 Å². The summed E-state index contributed by atoms with van der Waals surface area (Å²) in [5, 5.41) is 4.05. The Morgan fingerprint density at radius 2 is 1.85 bits per heavy atom. The molecule has 1 aliphatic rings. The van der Waals surface area contributed by atoms with Gasteiger partial charge in [0.1, 0.15) is 5.76 Å². The molecule has 0 bridgehead atoms. The number of piperazine rings is 1. The van der Waals surface area contributed by atoms with Crippen LogP contribution in [0.15, 0.2) is 40.9 Å². The molecule has 1 aliphatic heterocycles. The maximum atomic E-state index is 5.10. The number of para-hydroxylation sites is 1.